The molecule has 1 saturated heterocycles. The standard InChI is InChI=1S/C13H18N2O3/c1-9(5-6-14)3-4-11-7-10(13(17)15-11)8-12(16)18-2/h3,10-11H,4-5,7-8H2,1-2H3,(H,15,17)/b9-3+/t10-,11-/m0/s1. The lowest BCUT2D eigenvalue weighted by atomic mass is 9.99. The minimum atomic E-state index is -0.355. The highest BCUT2D eigenvalue weighted by Crippen LogP contribution is 2.22. The second-order valence-corrected chi connectivity index (χ2v) is 4.54. The van der Waals surface area contributed by atoms with Crippen LogP contribution in [-0.2, 0) is 14.3 Å². The van der Waals surface area contributed by atoms with Gasteiger partial charge in [-0.1, -0.05) is 11.6 Å². The highest BCUT2D eigenvalue weighted by molar-refractivity contribution is 5.85. The number of hydrogen-bond acceptors (Lipinski definition) is 4. The maximum atomic E-state index is 11.6. The average Bonchev–Trinajstić information content (AvgIpc) is 2.68. The summed E-state index contributed by atoms with van der Waals surface area (Å²) < 4.78 is 4.56. The van der Waals surface area contributed by atoms with Crippen molar-refractivity contribution in [1.82, 2.24) is 5.32 Å². The first kappa shape index (κ1) is 14.2. The zero-order valence-corrected chi connectivity index (χ0v) is 10.7. The van der Waals surface area contributed by atoms with Crippen LogP contribution in [0.2, 0.25) is 0 Å². The summed E-state index contributed by atoms with van der Waals surface area (Å²) in [6.45, 7) is 1.89. The number of nitrogens with one attached hydrogen (secondary N) is 1. The second-order valence-electron chi connectivity index (χ2n) is 4.54. The first-order valence-corrected chi connectivity index (χ1v) is 5.96. The molecule has 0 aromatic heterocycles. The Kier molecular flexibility index (Phi) is 5.37. The van der Waals surface area contributed by atoms with Crippen molar-refractivity contribution in [3.63, 3.8) is 0 Å². The van der Waals surface area contributed by atoms with Gasteiger partial charge in [-0.15, -0.1) is 0 Å². The molecule has 0 spiro atoms. The lowest BCUT2D eigenvalue weighted by Crippen LogP contribution is -2.26. The molecule has 1 amide bonds. The summed E-state index contributed by atoms with van der Waals surface area (Å²) in [5.74, 6) is -0.726. The van der Waals surface area contributed by atoms with Crippen LogP contribution in [0.4, 0.5) is 0 Å². The van der Waals surface area contributed by atoms with E-state index in [0.29, 0.717) is 19.3 Å². The van der Waals surface area contributed by atoms with Crippen molar-refractivity contribution in [2.45, 2.75) is 38.6 Å². The van der Waals surface area contributed by atoms with E-state index in [1.807, 2.05) is 13.0 Å². The molecule has 1 aliphatic rings. The maximum absolute atomic E-state index is 11.6. The Morgan fingerprint density at radius 1 is 1.67 bits per heavy atom. The summed E-state index contributed by atoms with van der Waals surface area (Å²) >= 11 is 0. The van der Waals surface area contributed by atoms with E-state index in [1.165, 1.54) is 7.11 Å². The van der Waals surface area contributed by atoms with Crippen LogP contribution in [0.25, 0.3) is 0 Å². The van der Waals surface area contributed by atoms with Gasteiger partial charge >= 0.3 is 5.97 Å². The fourth-order valence-corrected chi connectivity index (χ4v) is 1.98. The topological polar surface area (TPSA) is 79.2 Å². The molecule has 0 aromatic carbocycles. The molecular formula is C13H18N2O3. The van der Waals surface area contributed by atoms with E-state index in [1.54, 1.807) is 0 Å². The van der Waals surface area contributed by atoms with Crippen molar-refractivity contribution < 1.29 is 14.3 Å². The van der Waals surface area contributed by atoms with Gasteiger partial charge in [-0.25, -0.2) is 0 Å². The lowest BCUT2D eigenvalue weighted by Gasteiger charge is -2.06. The molecule has 0 bridgehead atoms. The molecule has 0 saturated carbocycles. The van der Waals surface area contributed by atoms with Gasteiger partial charge < -0.3 is 10.1 Å². The zero-order chi connectivity index (χ0) is 13.5. The molecule has 98 valence electrons. The van der Waals surface area contributed by atoms with Gasteiger partial charge in [0.2, 0.25) is 5.91 Å². The lowest BCUT2D eigenvalue weighted by molar-refractivity contribution is -0.143. The third-order valence-corrected chi connectivity index (χ3v) is 3.04. The molecule has 0 aromatic rings. The van der Waals surface area contributed by atoms with Crippen molar-refractivity contribution >= 4 is 11.9 Å². The van der Waals surface area contributed by atoms with Gasteiger partial charge in [-0.05, 0) is 19.8 Å². The summed E-state index contributed by atoms with van der Waals surface area (Å²) in [6, 6.07) is 2.13. The highest BCUT2D eigenvalue weighted by atomic mass is 16.5. The van der Waals surface area contributed by atoms with Crippen molar-refractivity contribution in [2.75, 3.05) is 7.11 Å². The Morgan fingerprint density at radius 3 is 3.00 bits per heavy atom. The van der Waals surface area contributed by atoms with Gasteiger partial charge in [-0.3, -0.25) is 9.59 Å². The van der Waals surface area contributed by atoms with Crippen molar-refractivity contribution in [3.8, 4) is 6.07 Å². The van der Waals surface area contributed by atoms with Gasteiger partial charge in [0.05, 0.1) is 31.9 Å². The molecule has 1 rings (SSSR count). The van der Waals surface area contributed by atoms with Gasteiger partial charge in [0.25, 0.3) is 0 Å². The Bertz CT molecular complexity index is 396. The fourth-order valence-electron chi connectivity index (χ4n) is 1.98. The molecule has 1 N–H and O–H groups in total. The van der Waals surface area contributed by atoms with E-state index in [2.05, 4.69) is 16.1 Å². The molecule has 2 atom stereocenters. The molecule has 0 aliphatic carbocycles. The predicted octanol–water partition coefficient (Wildman–Crippen LogP) is 1.30. The first-order chi connectivity index (χ1) is 8.56. The number of hydrogen-bond donors (Lipinski definition) is 1. The van der Waals surface area contributed by atoms with E-state index >= 15 is 0 Å². The van der Waals surface area contributed by atoms with E-state index in [4.69, 9.17) is 5.26 Å². The van der Waals surface area contributed by atoms with E-state index in [0.717, 1.165) is 5.57 Å². The van der Waals surface area contributed by atoms with Crippen LogP contribution in [0, 0.1) is 17.2 Å². The summed E-state index contributed by atoms with van der Waals surface area (Å²) in [5, 5.41) is 11.4. The highest BCUT2D eigenvalue weighted by Gasteiger charge is 2.32. The van der Waals surface area contributed by atoms with E-state index in [9.17, 15) is 9.59 Å². The number of methoxy groups -OCH3 is 1. The van der Waals surface area contributed by atoms with Crippen LogP contribution in [0.1, 0.15) is 32.6 Å². The van der Waals surface area contributed by atoms with Gasteiger partial charge in [0.15, 0.2) is 0 Å². The molecule has 0 unspecified atom stereocenters. The van der Waals surface area contributed by atoms with Crippen LogP contribution in [-0.4, -0.2) is 25.0 Å². The molecule has 18 heavy (non-hydrogen) atoms. The average molecular weight is 250 g/mol. The third-order valence-electron chi connectivity index (χ3n) is 3.04. The Labute approximate surface area is 107 Å². The van der Waals surface area contributed by atoms with Crippen LogP contribution in [0.3, 0.4) is 0 Å². The molecular weight excluding hydrogens is 232 g/mol. The minimum absolute atomic E-state index is 0.0563. The Morgan fingerprint density at radius 2 is 2.39 bits per heavy atom. The van der Waals surface area contributed by atoms with Crippen LogP contribution in [0.15, 0.2) is 11.6 Å². The molecule has 1 heterocycles. The van der Waals surface area contributed by atoms with Crippen molar-refractivity contribution in [3.05, 3.63) is 11.6 Å². The van der Waals surface area contributed by atoms with Gasteiger partial charge in [0.1, 0.15) is 0 Å². The first-order valence-electron chi connectivity index (χ1n) is 5.96. The quantitative estimate of drug-likeness (QED) is 0.589. The van der Waals surface area contributed by atoms with Gasteiger partial charge in [0, 0.05) is 6.04 Å². The fraction of sp³-hybridized carbons (Fsp3) is 0.615. The molecule has 5 heteroatoms. The largest absolute Gasteiger partial charge is 0.469 e. The predicted molar refractivity (Wildman–Crippen MR) is 65.3 cm³/mol. The van der Waals surface area contributed by atoms with Crippen LogP contribution < -0.4 is 5.32 Å². The third kappa shape index (κ3) is 4.21. The zero-order valence-electron chi connectivity index (χ0n) is 10.7. The SMILES string of the molecule is COC(=O)C[C@@H]1C[C@H](C/C=C(\C)CC#N)NC1=O. The summed E-state index contributed by atoms with van der Waals surface area (Å²) in [7, 11) is 1.32. The van der Waals surface area contributed by atoms with Crippen molar-refractivity contribution in [2.24, 2.45) is 5.92 Å². The van der Waals surface area contributed by atoms with Crippen LogP contribution >= 0.6 is 0 Å². The number of rotatable bonds is 5. The maximum Gasteiger partial charge on any atom is 0.306 e. The molecule has 5 nitrogen and oxygen atoms in total. The monoisotopic (exact) mass is 250 g/mol. The summed E-state index contributed by atoms with van der Waals surface area (Å²) in [6.07, 6.45) is 3.86. The number of ether oxygens (including phenoxy) is 1. The molecule has 1 aliphatic heterocycles. The number of esters is 1. The van der Waals surface area contributed by atoms with Crippen LogP contribution in [0.5, 0.6) is 0 Å². The smallest absolute Gasteiger partial charge is 0.306 e. The number of allylic oxidation sites excluding steroid dienone is 1. The second kappa shape index (κ2) is 6.80. The number of carbonyl (C=O) groups excluding carboxylic acids is 2. The number of nitriles is 1. The number of nitrogens with zero attached hydrogens (tertiary/aromatic N) is 1. The van der Waals surface area contributed by atoms with E-state index in [-0.39, 0.29) is 30.3 Å². The molecule has 0 radical (unpaired) electrons. The van der Waals surface area contributed by atoms with E-state index < -0.39 is 0 Å². The normalized spacial score (nSPS) is 23.4. The summed E-state index contributed by atoms with van der Waals surface area (Å²) in [5.41, 5.74) is 1.00. The Hall–Kier alpha value is -1.83. The number of amides is 1. The molecule has 1 fully saturated rings. The van der Waals surface area contributed by atoms with Gasteiger partial charge in [-0.2, -0.15) is 5.26 Å². The minimum Gasteiger partial charge on any atom is -0.469 e. The Balaban J connectivity index is 2.44. The summed E-state index contributed by atoms with van der Waals surface area (Å²) in [4.78, 5) is 22.7. The van der Waals surface area contributed by atoms with Crippen molar-refractivity contribution in [1.29, 1.82) is 5.26 Å². The number of carbonyl (C=O) groups is 2.